The van der Waals surface area contributed by atoms with Crippen LogP contribution in [-0.4, -0.2) is 29.2 Å². The number of hydrogen-bond acceptors (Lipinski definition) is 3. The first-order chi connectivity index (χ1) is 18.8. The second-order valence-corrected chi connectivity index (χ2v) is 11.6. The highest BCUT2D eigenvalue weighted by Crippen LogP contribution is 2.53. The monoisotopic (exact) mass is 717 g/mol. The third-order valence-electron chi connectivity index (χ3n) is 6.63. The Morgan fingerprint density at radius 1 is 1.00 bits per heavy atom. The number of amides is 2. The van der Waals surface area contributed by atoms with Gasteiger partial charge in [-0.2, -0.15) is 26.3 Å². The summed E-state index contributed by atoms with van der Waals surface area (Å²) in [6.07, 6.45) is -10.1. The Morgan fingerprint density at radius 3 is 2.02 bits per heavy atom. The van der Waals surface area contributed by atoms with Gasteiger partial charge in [0.1, 0.15) is 5.15 Å². The van der Waals surface area contributed by atoms with E-state index in [4.69, 9.17) is 11.6 Å². The van der Waals surface area contributed by atoms with E-state index >= 15 is 0 Å². The smallest absolute Gasteiger partial charge is 0.342 e. The van der Waals surface area contributed by atoms with Crippen LogP contribution in [0.25, 0.3) is 0 Å². The summed E-state index contributed by atoms with van der Waals surface area (Å²) >= 11 is 8.17. The highest BCUT2D eigenvalue weighted by Gasteiger charge is 2.73. The van der Waals surface area contributed by atoms with Crippen molar-refractivity contribution in [1.29, 1.82) is 0 Å². The van der Waals surface area contributed by atoms with Crippen molar-refractivity contribution in [2.75, 3.05) is 5.32 Å². The summed E-state index contributed by atoms with van der Waals surface area (Å²) in [6.45, 7) is 5.95. The zero-order valence-electron chi connectivity index (χ0n) is 22.0. The van der Waals surface area contributed by atoms with Crippen molar-refractivity contribution in [2.24, 2.45) is 0 Å². The van der Waals surface area contributed by atoms with Gasteiger partial charge in [-0.3, -0.25) is 9.59 Å². The quantitative estimate of drug-likeness (QED) is 0.100. The molecule has 1 aliphatic carbocycles. The van der Waals surface area contributed by atoms with Gasteiger partial charge >= 0.3 is 18.0 Å². The van der Waals surface area contributed by atoms with Crippen LogP contribution in [0, 0.1) is 13.8 Å². The summed E-state index contributed by atoms with van der Waals surface area (Å²) < 4.78 is 93.9. The fourth-order valence-corrected chi connectivity index (χ4v) is 5.21. The van der Waals surface area contributed by atoms with E-state index in [0.717, 1.165) is 13.0 Å². The normalized spacial score (nSPS) is 16.2. The predicted molar refractivity (Wildman–Crippen MR) is 148 cm³/mol. The zero-order chi connectivity index (χ0) is 31.1. The Kier molecular flexibility index (Phi) is 9.24. The molecule has 2 N–H and O–H groups in total. The van der Waals surface area contributed by atoms with Crippen molar-refractivity contribution in [3.63, 3.8) is 0 Å². The molecule has 0 unspecified atom stereocenters. The van der Waals surface area contributed by atoms with Gasteiger partial charge in [0.2, 0.25) is 0 Å². The van der Waals surface area contributed by atoms with Crippen LogP contribution >= 0.6 is 34.2 Å². The second kappa shape index (κ2) is 11.5. The number of hydrogen-bond donors (Lipinski definition) is 2. The molecule has 2 amide bonds. The Hall–Kier alpha value is -2.68. The summed E-state index contributed by atoms with van der Waals surface area (Å²) in [4.78, 5) is 30.9. The van der Waals surface area contributed by atoms with Gasteiger partial charge in [0.25, 0.3) is 11.8 Å². The van der Waals surface area contributed by atoms with Gasteiger partial charge < -0.3 is 10.6 Å². The van der Waals surface area contributed by atoms with E-state index in [0.29, 0.717) is 39.8 Å². The number of allylic oxidation sites excluding steroid dienone is 2. The Balaban J connectivity index is 1.88. The number of alkyl halides is 7. The van der Waals surface area contributed by atoms with E-state index in [1.165, 1.54) is 13.0 Å². The number of pyridine rings is 1. The number of halogens is 9. The SMILES string of the molecule is C/C=C(C(=O)Nc1ccc(C(F)(C(F)(F)F)C(F)(F)F)cc1C)\C(C(=O)NC1(c2ccc(C)nc2Cl)CC1)=C(/C)I. The third-order valence-corrected chi connectivity index (χ3v) is 7.46. The van der Waals surface area contributed by atoms with Crippen molar-refractivity contribution < 1.29 is 40.3 Å². The largest absolute Gasteiger partial charge is 0.435 e. The first-order valence-corrected chi connectivity index (χ1v) is 13.5. The molecule has 1 aromatic heterocycles. The van der Waals surface area contributed by atoms with Crippen LogP contribution in [0.3, 0.4) is 0 Å². The van der Waals surface area contributed by atoms with E-state index in [1.54, 1.807) is 26.0 Å². The van der Waals surface area contributed by atoms with Gasteiger partial charge in [0, 0.05) is 31.7 Å². The lowest BCUT2D eigenvalue weighted by Gasteiger charge is -2.30. The molecule has 5 nitrogen and oxygen atoms in total. The molecule has 1 saturated carbocycles. The summed E-state index contributed by atoms with van der Waals surface area (Å²) in [6, 6.07) is 4.94. The van der Waals surface area contributed by atoms with Gasteiger partial charge in [-0.15, -0.1) is 0 Å². The minimum absolute atomic E-state index is 0.000686. The Morgan fingerprint density at radius 2 is 1.59 bits per heavy atom. The van der Waals surface area contributed by atoms with Crippen LogP contribution in [-0.2, 0) is 20.8 Å². The topological polar surface area (TPSA) is 71.1 Å². The van der Waals surface area contributed by atoms with Crippen LogP contribution in [0.5, 0.6) is 0 Å². The lowest BCUT2D eigenvalue weighted by molar-refractivity contribution is -0.348. The number of aromatic nitrogens is 1. The van der Waals surface area contributed by atoms with Crippen molar-refractivity contribution in [2.45, 2.75) is 64.1 Å². The fraction of sp³-hybridized carbons (Fsp3) is 0.370. The fourth-order valence-electron chi connectivity index (χ4n) is 4.30. The van der Waals surface area contributed by atoms with E-state index in [9.17, 15) is 40.3 Å². The minimum Gasteiger partial charge on any atom is -0.342 e. The van der Waals surface area contributed by atoms with Crippen LogP contribution < -0.4 is 10.6 Å². The molecular formula is C27H24ClF7IN3O2. The molecule has 0 atom stereocenters. The predicted octanol–water partition coefficient (Wildman–Crippen LogP) is 8.04. The zero-order valence-corrected chi connectivity index (χ0v) is 25.0. The average Bonchev–Trinajstić information content (AvgIpc) is 3.60. The third kappa shape index (κ3) is 6.40. The van der Waals surface area contributed by atoms with Gasteiger partial charge in [0.15, 0.2) is 0 Å². The molecule has 1 fully saturated rings. The molecule has 0 aliphatic heterocycles. The molecule has 41 heavy (non-hydrogen) atoms. The number of carbonyl (C=O) groups excluding carboxylic acids is 2. The number of anilines is 1. The molecule has 0 bridgehead atoms. The van der Waals surface area contributed by atoms with E-state index < -0.39 is 40.9 Å². The highest BCUT2D eigenvalue weighted by molar-refractivity contribution is 14.1. The highest BCUT2D eigenvalue weighted by atomic mass is 127. The average molecular weight is 718 g/mol. The maximum absolute atomic E-state index is 14.5. The van der Waals surface area contributed by atoms with Crippen molar-refractivity contribution in [3.8, 4) is 0 Å². The first-order valence-electron chi connectivity index (χ1n) is 12.0. The van der Waals surface area contributed by atoms with Crippen LogP contribution in [0.1, 0.15) is 49.1 Å². The number of nitrogens with zero attached hydrogens (tertiary/aromatic N) is 1. The van der Waals surface area contributed by atoms with Crippen LogP contribution in [0.4, 0.5) is 36.4 Å². The molecule has 1 aromatic carbocycles. The number of rotatable bonds is 7. The number of benzene rings is 1. The molecule has 14 heteroatoms. The first kappa shape index (κ1) is 32.8. The molecule has 0 spiro atoms. The lowest BCUT2D eigenvalue weighted by atomic mass is 9.92. The maximum atomic E-state index is 14.5. The molecule has 0 radical (unpaired) electrons. The molecular weight excluding hydrogens is 694 g/mol. The van der Waals surface area contributed by atoms with Crippen molar-refractivity contribution >= 4 is 51.7 Å². The maximum Gasteiger partial charge on any atom is 0.435 e. The molecule has 1 heterocycles. The number of nitrogens with one attached hydrogen (secondary N) is 2. The minimum atomic E-state index is -6.27. The molecule has 3 rings (SSSR count). The van der Waals surface area contributed by atoms with Gasteiger partial charge in [-0.05, 0) is 80.8 Å². The van der Waals surface area contributed by atoms with E-state index in [-0.39, 0.29) is 27.6 Å². The molecule has 2 aromatic rings. The van der Waals surface area contributed by atoms with Gasteiger partial charge in [-0.25, -0.2) is 9.37 Å². The molecule has 1 aliphatic rings. The van der Waals surface area contributed by atoms with Crippen LogP contribution in [0.2, 0.25) is 5.15 Å². The van der Waals surface area contributed by atoms with Gasteiger partial charge in [-0.1, -0.05) is 35.9 Å². The van der Waals surface area contributed by atoms with Gasteiger partial charge in [0.05, 0.1) is 11.1 Å². The van der Waals surface area contributed by atoms with E-state index in [2.05, 4.69) is 15.6 Å². The Labute approximate surface area is 249 Å². The number of carbonyl (C=O) groups is 2. The summed E-state index contributed by atoms with van der Waals surface area (Å²) in [5.74, 6) is -1.46. The molecule has 222 valence electrons. The number of aryl methyl sites for hydroxylation is 2. The lowest BCUT2D eigenvalue weighted by Crippen LogP contribution is -2.50. The van der Waals surface area contributed by atoms with Crippen molar-refractivity contribution in [3.05, 3.63) is 78.7 Å². The summed E-state index contributed by atoms with van der Waals surface area (Å²) in [5.41, 5.74) is -7.31. The summed E-state index contributed by atoms with van der Waals surface area (Å²) in [5, 5.41) is 5.55. The second-order valence-electron chi connectivity index (χ2n) is 9.58. The molecule has 0 saturated heterocycles. The van der Waals surface area contributed by atoms with Crippen LogP contribution in [0.15, 0.2) is 51.1 Å². The summed E-state index contributed by atoms with van der Waals surface area (Å²) in [7, 11) is 0. The van der Waals surface area contributed by atoms with E-state index in [1.807, 2.05) is 22.6 Å². The Bertz CT molecular complexity index is 1430. The van der Waals surface area contributed by atoms with Crippen molar-refractivity contribution in [1.82, 2.24) is 10.3 Å². The standard InChI is InChI=1S/C27H24ClF7IN3O2/c1-5-17(20(15(4)36)23(41)39-24(10-11-24)18-8-6-14(3)37-21(18)28)22(40)38-19-9-7-16(12-13(19)2)25(29,26(30,31)32)27(33,34)35/h5-9,12H,10-11H2,1-4H3,(H,38,40)(H,39,41)/b17-5+,20-15-.